The second kappa shape index (κ2) is 6.54. The fraction of sp³-hybridized carbons (Fsp3) is 0.294. The lowest BCUT2D eigenvalue weighted by atomic mass is 10.0. The Bertz CT molecular complexity index is 971. The molecule has 4 nitrogen and oxygen atoms in total. The Labute approximate surface area is 157 Å². The van der Waals surface area contributed by atoms with Gasteiger partial charge in [0.2, 0.25) is 0 Å². The van der Waals surface area contributed by atoms with Crippen molar-refractivity contribution in [2.45, 2.75) is 30.5 Å². The molecule has 0 aromatic heterocycles. The Morgan fingerprint density at radius 1 is 1.23 bits per heavy atom. The van der Waals surface area contributed by atoms with E-state index in [0.29, 0.717) is 11.1 Å². The molecule has 0 spiro atoms. The van der Waals surface area contributed by atoms with E-state index in [1.807, 2.05) is 0 Å². The SMILES string of the molecule is COS(=O)(=O)c1ccc(C)cc1C1Cc2cc(C(F)(F)F)cc(Br)c2O1. The smallest absolute Gasteiger partial charge is 0.416 e. The van der Waals surface area contributed by atoms with E-state index in [0.717, 1.165) is 24.8 Å². The van der Waals surface area contributed by atoms with Gasteiger partial charge in [-0.05, 0) is 46.6 Å². The molecule has 140 valence electrons. The molecule has 0 bridgehead atoms. The van der Waals surface area contributed by atoms with Gasteiger partial charge in [-0.3, -0.25) is 4.18 Å². The minimum absolute atomic E-state index is 0.0597. The summed E-state index contributed by atoms with van der Waals surface area (Å²) in [7, 11) is -2.93. The van der Waals surface area contributed by atoms with Gasteiger partial charge in [-0.15, -0.1) is 0 Å². The third kappa shape index (κ3) is 3.47. The van der Waals surface area contributed by atoms with E-state index in [-0.39, 0.29) is 21.5 Å². The van der Waals surface area contributed by atoms with Crippen LogP contribution in [0.4, 0.5) is 13.2 Å². The summed E-state index contributed by atoms with van der Waals surface area (Å²) < 4.78 is 74.0. The van der Waals surface area contributed by atoms with Gasteiger partial charge in [0, 0.05) is 12.0 Å². The number of halogens is 4. The van der Waals surface area contributed by atoms with Crippen molar-refractivity contribution in [3.8, 4) is 5.75 Å². The van der Waals surface area contributed by atoms with Crippen molar-refractivity contribution >= 4 is 26.0 Å². The summed E-state index contributed by atoms with van der Waals surface area (Å²) >= 11 is 3.11. The van der Waals surface area contributed by atoms with Crippen LogP contribution in [0.5, 0.6) is 5.75 Å². The zero-order valence-corrected chi connectivity index (χ0v) is 16.1. The maximum absolute atomic E-state index is 13.0. The lowest BCUT2D eigenvalue weighted by Crippen LogP contribution is -2.12. The zero-order chi connectivity index (χ0) is 19.3. The van der Waals surface area contributed by atoms with Gasteiger partial charge < -0.3 is 4.74 Å². The molecule has 0 amide bonds. The van der Waals surface area contributed by atoms with Gasteiger partial charge in [0.05, 0.1) is 17.1 Å². The quantitative estimate of drug-likeness (QED) is 0.630. The van der Waals surface area contributed by atoms with E-state index >= 15 is 0 Å². The van der Waals surface area contributed by atoms with E-state index in [1.54, 1.807) is 19.1 Å². The van der Waals surface area contributed by atoms with Crippen LogP contribution in [0.3, 0.4) is 0 Å². The molecule has 1 aliphatic heterocycles. The zero-order valence-electron chi connectivity index (χ0n) is 13.7. The third-order valence-corrected chi connectivity index (χ3v) is 6.05. The average molecular weight is 451 g/mol. The molecule has 3 rings (SSSR count). The first kappa shape index (κ1) is 19.2. The first-order valence-corrected chi connectivity index (χ1v) is 9.70. The van der Waals surface area contributed by atoms with Crippen LogP contribution in [-0.2, 0) is 26.9 Å². The molecule has 9 heteroatoms. The van der Waals surface area contributed by atoms with Crippen LogP contribution in [0.2, 0.25) is 0 Å². The maximum atomic E-state index is 13.0. The summed E-state index contributed by atoms with van der Waals surface area (Å²) in [4.78, 5) is -0.0597. The highest BCUT2D eigenvalue weighted by atomic mass is 79.9. The number of hydrogen-bond donors (Lipinski definition) is 0. The number of alkyl halides is 3. The lowest BCUT2D eigenvalue weighted by molar-refractivity contribution is -0.137. The average Bonchev–Trinajstić information content (AvgIpc) is 2.98. The third-order valence-electron chi connectivity index (χ3n) is 4.11. The van der Waals surface area contributed by atoms with Crippen molar-refractivity contribution < 1.29 is 30.5 Å². The van der Waals surface area contributed by atoms with Gasteiger partial charge in [0.25, 0.3) is 10.1 Å². The monoisotopic (exact) mass is 450 g/mol. The molecule has 1 heterocycles. The number of hydrogen-bond acceptors (Lipinski definition) is 4. The molecule has 2 aromatic carbocycles. The molecule has 1 unspecified atom stereocenters. The van der Waals surface area contributed by atoms with Crippen LogP contribution in [0, 0.1) is 6.92 Å². The second-order valence-corrected chi connectivity index (χ2v) is 8.45. The molecule has 0 fully saturated rings. The Balaban J connectivity index is 2.06. The molecule has 1 aliphatic rings. The van der Waals surface area contributed by atoms with Crippen LogP contribution in [0.1, 0.15) is 28.4 Å². The van der Waals surface area contributed by atoms with Gasteiger partial charge in [-0.25, -0.2) is 0 Å². The fourth-order valence-electron chi connectivity index (χ4n) is 2.89. The minimum Gasteiger partial charge on any atom is -0.484 e. The molecule has 2 aromatic rings. The standard InChI is InChI=1S/C17H14BrF3O4S/c1-9-3-4-15(26(22,23)24-2)12(5-9)14-7-10-6-11(17(19,20)21)8-13(18)16(10)25-14/h3-6,8,14H,7H2,1-2H3. The van der Waals surface area contributed by atoms with Crippen LogP contribution >= 0.6 is 15.9 Å². The van der Waals surface area contributed by atoms with Gasteiger partial charge >= 0.3 is 6.18 Å². The van der Waals surface area contributed by atoms with Crippen molar-refractivity contribution in [1.82, 2.24) is 0 Å². The maximum Gasteiger partial charge on any atom is 0.416 e. The number of fused-ring (bicyclic) bond motifs is 1. The van der Waals surface area contributed by atoms with Crippen LogP contribution in [-0.4, -0.2) is 15.5 Å². The molecule has 0 radical (unpaired) electrons. The molecule has 0 saturated carbocycles. The second-order valence-electron chi connectivity index (χ2n) is 5.92. The molecule has 0 N–H and O–H groups in total. The van der Waals surface area contributed by atoms with Crippen LogP contribution in [0.15, 0.2) is 39.7 Å². The molecule has 0 aliphatic carbocycles. The van der Waals surface area contributed by atoms with Gasteiger partial charge in [0.1, 0.15) is 16.7 Å². The molecular formula is C17H14BrF3O4S. The Hall–Kier alpha value is -1.58. The van der Waals surface area contributed by atoms with Crippen LogP contribution < -0.4 is 4.74 Å². The Morgan fingerprint density at radius 3 is 2.54 bits per heavy atom. The van der Waals surface area contributed by atoms with Crippen molar-refractivity contribution in [3.05, 3.63) is 57.1 Å². The molecule has 1 atom stereocenters. The number of aryl methyl sites for hydroxylation is 1. The van der Waals surface area contributed by atoms with Crippen LogP contribution in [0.25, 0.3) is 0 Å². The highest BCUT2D eigenvalue weighted by Gasteiger charge is 2.36. The van der Waals surface area contributed by atoms with Crippen molar-refractivity contribution in [3.63, 3.8) is 0 Å². The predicted octanol–water partition coefficient (Wildman–Crippen LogP) is 4.79. The first-order chi connectivity index (χ1) is 12.0. The summed E-state index contributed by atoms with van der Waals surface area (Å²) in [6.45, 7) is 1.78. The van der Waals surface area contributed by atoms with Gasteiger partial charge in [-0.2, -0.15) is 21.6 Å². The number of ether oxygens (including phenoxy) is 1. The van der Waals surface area contributed by atoms with Crippen molar-refractivity contribution in [1.29, 1.82) is 0 Å². The largest absolute Gasteiger partial charge is 0.484 e. The first-order valence-electron chi connectivity index (χ1n) is 7.50. The molecule has 0 saturated heterocycles. The Morgan fingerprint density at radius 2 is 1.92 bits per heavy atom. The molecular weight excluding hydrogens is 437 g/mol. The summed E-state index contributed by atoms with van der Waals surface area (Å²) in [6, 6.07) is 6.65. The van der Waals surface area contributed by atoms with Crippen molar-refractivity contribution in [2.24, 2.45) is 0 Å². The van der Waals surface area contributed by atoms with Gasteiger partial charge in [-0.1, -0.05) is 17.7 Å². The van der Waals surface area contributed by atoms with E-state index in [4.69, 9.17) is 4.74 Å². The highest BCUT2D eigenvalue weighted by Crippen LogP contribution is 2.46. The topological polar surface area (TPSA) is 52.6 Å². The van der Waals surface area contributed by atoms with E-state index in [2.05, 4.69) is 20.1 Å². The fourth-order valence-corrected chi connectivity index (χ4v) is 4.38. The normalized spacial score (nSPS) is 17.1. The van der Waals surface area contributed by atoms with E-state index in [9.17, 15) is 21.6 Å². The summed E-state index contributed by atoms with van der Waals surface area (Å²) in [6.07, 6.45) is -5.10. The summed E-state index contributed by atoms with van der Waals surface area (Å²) in [5, 5.41) is 0. The number of benzene rings is 2. The number of rotatable bonds is 3. The van der Waals surface area contributed by atoms with E-state index < -0.39 is 28.0 Å². The summed E-state index contributed by atoms with van der Waals surface area (Å²) in [5.74, 6) is 0.283. The minimum atomic E-state index is -4.48. The molecule has 26 heavy (non-hydrogen) atoms. The Kier molecular flexibility index (Phi) is 4.83. The predicted molar refractivity (Wildman–Crippen MR) is 91.6 cm³/mol. The van der Waals surface area contributed by atoms with Gasteiger partial charge in [0.15, 0.2) is 0 Å². The van der Waals surface area contributed by atoms with E-state index in [1.165, 1.54) is 6.07 Å². The lowest BCUT2D eigenvalue weighted by Gasteiger charge is -2.16. The summed E-state index contributed by atoms with van der Waals surface area (Å²) in [5.41, 5.74) is 0.716. The highest BCUT2D eigenvalue weighted by molar-refractivity contribution is 9.10. The van der Waals surface area contributed by atoms with Crippen molar-refractivity contribution in [2.75, 3.05) is 7.11 Å².